The molecule has 2 aromatic heterocycles. The summed E-state index contributed by atoms with van der Waals surface area (Å²) >= 11 is 6.06. The van der Waals surface area contributed by atoms with Gasteiger partial charge in [0.15, 0.2) is 17.5 Å². The Hall–Kier alpha value is -2.88. The summed E-state index contributed by atoms with van der Waals surface area (Å²) < 4.78 is 44.0. The van der Waals surface area contributed by atoms with Gasteiger partial charge < -0.3 is 10.2 Å². The first kappa shape index (κ1) is 22.6. The summed E-state index contributed by atoms with van der Waals surface area (Å²) in [6, 6.07) is 4.31. The van der Waals surface area contributed by atoms with Gasteiger partial charge in [0.1, 0.15) is 23.1 Å². The van der Waals surface area contributed by atoms with Gasteiger partial charge in [-0.2, -0.15) is 4.98 Å². The van der Waals surface area contributed by atoms with Gasteiger partial charge in [-0.1, -0.05) is 24.1 Å². The third-order valence-corrected chi connectivity index (χ3v) is 7.84. The van der Waals surface area contributed by atoms with Crippen molar-refractivity contribution in [1.82, 2.24) is 24.7 Å². The van der Waals surface area contributed by atoms with Crippen molar-refractivity contribution in [3.63, 3.8) is 0 Å². The molecule has 11 heteroatoms. The second-order valence-corrected chi connectivity index (χ2v) is 10.1. The smallest absolute Gasteiger partial charge is 0.242 e. The molecule has 4 heterocycles. The molecule has 2 bridgehead atoms. The Bertz CT molecular complexity index is 1240. The van der Waals surface area contributed by atoms with Gasteiger partial charge in [0.05, 0.1) is 0 Å². The van der Waals surface area contributed by atoms with Crippen LogP contribution >= 0.6 is 11.6 Å². The quantitative estimate of drug-likeness (QED) is 0.408. The summed E-state index contributed by atoms with van der Waals surface area (Å²) in [7, 11) is 0. The maximum atomic E-state index is 14.7. The van der Waals surface area contributed by atoms with Crippen LogP contribution in [0, 0.1) is 29.3 Å². The molecule has 1 saturated carbocycles. The Kier molecular flexibility index (Phi) is 5.78. The second kappa shape index (κ2) is 8.96. The molecule has 4 atom stereocenters. The average Bonchev–Trinajstić information content (AvgIpc) is 3.25. The molecule has 35 heavy (non-hydrogen) atoms. The highest BCUT2D eigenvalue weighted by Gasteiger charge is 2.43. The van der Waals surface area contributed by atoms with E-state index in [1.165, 1.54) is 12.4 Å². The Morgan fingerprint density at radius 2 is 1.77 bits per heavy atom. The van der Waals surface area contributed by atoms with E-state index >= 15 is 0 Å². The van der Waals surface area contributed by atoms with E-state index < -0.39 is 23.4 Å². The van der Waals surface area contributed by atoms with Crippen molar-refractivity contribution < 1.29 is 13.2 Å². The summed E-state index contributed by atoms with van der Waals surface area (Å²) in [5.74, 6) is -1.52. The van der Waals surface area contributed by atoms with Crippen molar-refractivity contribution in [3.8, 4) is 0 Å². The molecular weight excluding hydrogens is 479 g/mol. The predicted octanol–water partition coefficient (Wildman–Crippen LogP) is 4.78. The number of rotatable bonds is 4. The summed E-state index contributed by atoms with van der Waals surface area (Å²) in [4.78, 5) is 15.4. The van der Waals surface area contributed by atoms with Gasteiger partial charge >= 0.3 is 0 Å². The predicted molar refractivity (Wildman–Crippen MR) is 125 cm³/mol. The van der Waals surface area contributed by atoms with Gasteiger partial charge in [0, 0.05) is 43.2 Å². The molecule has 6 rings (SSSR count). The number of halogens is 4. The molecule has 3 aromatic rings. The number of hydrogen-bond donors (Lipinski definition) is 1. The Labute approximate surface area is 205 Å². The molecule has 2 fully saturated rings. The van der Waals surface area contributed by atoms with Crippen LogP contribution in [0.25, 0.3) is 0 Å². The van der Waals surface area contributed by atoms with E-state index in [1.807, 2.05) is 0 Å². The van der Waals surface area contributed by atoms with Gasteiger partial charge in [-0.3, -0.25) is 0 Å². The fraction of sp³-hybridized carbons (Fsp3) is 0.500. The largest absolute Gasteiger partial charge is 0.356 e. The molecule has 184 valence electrons. The lowest BCUT2D eigenvalue weighted by Crippen LogP contribution is -2.48. The van der Waals surface area contributed by atoms with Crippen molar-refractivity contribution in [2.45, 2.75) is 50.6 Å². The lowest BCUT2D eigenvalue weighted by Gasteiger charge is -2.38. The van der Waals surface area contributed by atoms with Crippen molar-refractivity contribution in [1.29, 1.82) is 0 Å². The number of nitrogens with zero attached hydrogens (tertiary/aromatic N) is 6. The average molecular weight is 504 g/mol. The second-order valence-electron chi connectivity index (χ2n) is 9.70. The Morgan fingerprint density at radius 3 is 2.54 bits per heavy atom. The molecule has 3 aliphatic rings. The monoisotopic (exact) mass is 503 g/mol. The van der Waals surface area contributed by atoms with Crippen LogP contribution in [0.1, 0.15) is 49.4 Å². The van der Waals surface area contributed by atoms with Crippen LogP contribution in [-0.4, -0.2) is 43.9 Å². The van der Waals surface area contributed by atoms with Crippen LogP contribution in [0.2, 0.25) is 5.15 Å². The zero-order chi connectivity index (χ0) is 24.1. The summed E-state index contributed by atoms with van der Waals surface area (Å²) in [5.41, 5.74) is 0.128. The number of aromatic nitrogens is 5. The number of benzene rings is 1. The minimum Gasteiger partial charge on any atom is -0.356 e. The topological polar surface area (TPSA) is 71.8 Å². The number of aryl methyl sites for hydroxylation is 1. The zero-order valence-electron chi connectivity index (χ0n) is 19.0. The number of fused-ring (bicyclic) bond motifs is 3. The van der Waals surface area contributed by atoms with E-state index in [2.05, 4.69) is 25.3 Å². The van der Waals surface area contributed by atoms with Crippen LogP contribution < -0.4 is 10.2 Å². The van der Waals surface area contributed by atoms with Crippen molar-refractivity contribution in [3.05, 3.63) is 58.5 Å². The number of nitrogens with one attached hydrogen (secondary N) is 1. The highest BCUT2D eigenvalue weighted by atomic mass is 35.5. The maximum Gasteiger partial charge on any atom is 0.242 e. The molecule has 0 amide bonds. The van der Waals surface area contributed by atoms with Crippen LogP contribution in [0.4, 0.5) is 24.9 Å². The first-order chi connectivity index (χ1) is 17.0. The van der Waals surface area contributed by atoms with E-state index in [0.717, 1.165) is 50.7 Å². The van der Waals surface area contributed by atoms with E-state index in [9.17, 15) is 13.2 Å². The molecule has 1 saturated heterocycles. The van der Waals surface area contributed by atoms with E-state index in [-0.39, 0.29) is 11.6 Å². The van der Waals surface area contributed by atoms with Crippen LogP contribution in [-0.2, 0) is 6.54 Å². The third kappa shape index (κ3) is 4.11. The Balaban J connectivity index is 1.24. The summed E-state index contributed by atoms with van der Waals surface area (Å²) in [6.07, 6.45) is 5.96. The molecule has 1 aliphatic carbocycles. The first-order valence-corrected chi connectivity index (χ1v) is 12.4. The minimum absolute atomic E-state index is 0.128. The Morgan fingerprint density at radius 1 is 0.971 bits per heavy atom. The van der Waals surface area contributed by atoms with Gasteiger partial charge in [-0.05, 0) is 43.6 Å². The molecule has 7 nitrogen and oxygen atoms in total. The minimum atomic E-state index is -1.44. The van der Waals surface area contributed by atoms with Gasteiger partial charge in [-0.15, -0.1) is 5.10 Å². The molecule has 0 spiro atoms. The molecule has 2 aliphatic heterocycles. The van der Waals surface area contributed by atoms with Gasteiger partial charge in [-0.25, -0.2) is 27.8 Å². The molecular formula is C24H25ClF3N7. The fourth-order valence-electron chi connectivity index (χ4n) is 5.97. The van der Waals surface area contributed by atoms with Crippen LogP contribution in [0.15, 0.2) is 24.5 Å². The van der Waals surface area contributed by atoms with Crippen molar-refractivity contribution in [2.24, 2.45) is 11.8 Å². The number of hydrogen-bond acceptors (Lipinski definition) is 6. The molecule has 0 radical (unpaired) electrons. The first-order valence-electron chi connectivity index (χ1n) is 12.0. The highest BCUT2D eigenvalue weighted by molar-refractivity contribution is 6.29. The van der Waals surface area contributed by atoms with Crippen molar-refractivity contribution >= 4 is 23.4 Å². The molecule has 0 unspecified atom stereocenters. The van der Waals surface area contributed by atoms with Crippen LogP contribution in [0.5, 0.6) is 0 Å². The molecule has 1 N–H and O–H groups in total. The summed E-state index contributed by atoms with van der Waals surface area (Å²) in [6.45, 7) is 2.35. The lowest BCUT2D eigenvalue weighted by atomic mass is 9.92. The van der Waals surface area contributed by atoms with E-state index in [4.69, 9.17) is 16.6 Å². The van der Waals surface area contributed by atoms with Crippen molar-refractivity contribution in [2.75, 3.05) is 23.3 Å². The van der Waals surface area contributed by atoms with Gasteiger partial charge in [0.25, 0.3) is 0 Å². The highest BCUT2D eigenvalue weighted by Crippen LogP contribution is 2.40. The normalized spacial score (nSPS) is 25.9. The molecule has 1 aromatic carbocycles. The number of anilines is 2. The van der Waals surface area contributed by atoms with Gasteiger partial charge in [0.2, 0.25) is 5.95 Å². The van der Waals surface area contributed by atoms with E-state index in [1.54, 1.807) is 10.7 Å². The fourth-order valence-corrected chi connectivity index (χ4v) is 6.11. The summed E-state index contributed by atoms with van der Waals surface area (Å²) in [5, 5.41) is 8.67. The number of piperidine rings is 1. The van der Waals surface area contributed by atoms with E-state index in [0.29, 0.717) is 41.7 Å². The van der Waals surface area contributed by atoms with Crippen LogP contribution in [0.3, 0.4) is 0 Å². The lowest BCUT2D eigenvalue weighted by molar-refractivity contribution is 0.374. The SMILES string of the molecule is Fc1ccc([C@H]2CCCCn3nc(N[C@@H]4[C@@H]5CC[C@H]4CN(c4cc(Cl)ncn4)C5)nc32)c(F)c1F. The zero-order valence-corrected chi connectivity index (χ0v) is 19.7. The standard InChI is InChI=1S/C24H25ClF3N7/c25-18-9-19(30-12-29-18)34-10-13-4-5-14(11-34)22(13)31-24-32-23-16(3-1-2-8-35(23)33-24)15-6-7-17(26)21(28)20(15)27/h6-7,9,12-14,16,22H,1-5,8,10-11H2,(H,31,33)/t13-,14+,16-,22-/m1/s1. The maximum absolute atomic E-state index is 14.7. The third-order valence-electron chi connectivity index (χ3n) is 7.64.